The van der Waals surface area contributed by atoms with E-state index in [1.54, 1.807) is 12.4 Å². The van der Waals surface area contributed by atoms with Gasteiger partial charge in [0.15, 0.2) is 0 Å². The van der Waals surface area contributed by atoms with E-state index in [-0.39, 0.29) is 12.0 Å². The summed E-state index contributed by atoms with van der Waals surface area (Å²) in [5, 5.41) is 6.84. The van der Waals surface area contributed by atoms with E-state index in [1.165, 1.54) is 5.57 Å². The van der Waals surface area contributed by atoms with E-state index in [9.17, 15) is 4.79 Å². The largest absolute Gasteiger partial charge is 0.368 e. The number of amides is 2. The molecule has 6 rings (SSSR count). The molecule has 1 aliphatic carbocycles. The van der Waals surface area contributed by atoms with Crippen LogP contribution < -0.4 is 22.1 Å². The molecule has 9 heteroatoms. The van der Waals surface area contributed by atoms with Crippen molar-refractivity contribution < 1.29 is 4.79 Å². The van der Waals surface area contributed by atoms with E-state index in [4.69, 9.17) is 11.5 Å². The molecule has 0 saturated heterocycles. The van der Waals surface area contributed by atoms with Crippen molar-refractivity contribution in [3.05, 3.63) is 94.9 Å². The topological polar surface area (TPSA) is 145 Å². The number of aryl methyl sites for hydroxylation is 3. The lowest BCUT2D eigenvalue weighted by Crippen LogP contribution is -2.19. The van der Waals surface area contributed by atoms with E-state index >= 15 is 0 Å². The number of aromatic nitrogens is 4. The Labute approximate surface area is 231 Å². The minimum absolute atomic E-state index is 0.246. The fourth-order valence-electron chi connectivity index (χ4n) is 5.05. The molecule has 198 valence electrons. The summed E-state index contributed by atoms with van der Waals surface area (Å²) < 4.78 is 0. The molecule has 0 atom stereocenters. The first-order chi connectivity index (χ1) is 19.3. The van der Waals surface area contributed by atoms with Gasteiger partial charge in [0.1, 0.15) is 0 Å². The fourth-order valence-corrected chi connectivity index (χ4v) is 5.05. The number of nitrogen functional groups attached to an aromatic ring is 2. The average molecular weight is 529 g/mol. The fraction of sp³-hybridized carbons (Fsp3) is 0.129. The van der Waals surface area contributed by atoms with Gasteiger partial charge in [0, 0.05) is 34.7 Å². The molecule has 40 heavy (non-hydrogen) atoms. The van der Waals surface area contributed by atoms with Crippen LogP contribution in [0.15, 0.2) is 67.0 Å². The molecule has 2 amide bonds. The number of anilines is 4. The van der Waals surface area contributed by atoms with Crippen LogP contribution in [-0.2, 0) is 6.42 Å². The highest BCUT2D eigenvalue weighted by atomic mass is 16.2. The van der Waals surface area contributed by atoms with Crippen molar-refractivity contribution in [2.45, 2.75) is 26.7 Å². The SMILES string of the molecule is Cc1ccc(NC(=O)Nc2ccc(C)c(-c3ccc4nc(N)ncc4c3)c2)cc1C1=Cc2cnc(N)nc2CC1. The van der Waals surface area contributed by atoms with Gasteiger partial charge in [0.2, 0.25) is 11.9 Å². The number of hydrogen-bond acceptors (Lipinski definition) is 7. The summed E-state index contributed by atoms with van der Waals surface area (Å²) in [6, 6.07) is 17.4. The number of urea groups is 1. The summed E-state index contributed by atoms with van der Waals surface area (Å²) in [7, 11) is 0. The zero-order valence-corrected chi connectivity index (χ0v) is 22.2. The summed E-state index contributed by atoms with van der Waals surface area (Å²) in [4.78, 5) is 29.9. The standard InChI is InChI=1S/C31H28N8O/c1-17-3-7-23(13-25(17)19-5-9-27-21(11-19)15-34-29(32)38-27)36-31(40)37-24-8-4-18(2)26(14-24)20-6-10-28-22(12-20)16-35-30(33)39-28/h3-5,7-9,11-16H,6,10H2,1-2H3,(H2,32,34,38)(H2,33,35,39)(H2,36,37,40). The molecule has 0 aliphatic heterocycles. The highest BCUT2D eigenvalue weighted by molar-refractivity contribution is 6.01. The van der Waals surface area contributed by atoms with Crippen molar-refractivity contribution in [3.8, 4) is 11.1 Å². The van der Waals surface area contributed by atoms with Crippen LogP contribution in [0, 0.1) is 13.8 Å². The number of nitrogens with zero attached hydrogens (tertiary/aromatic N) is 4. The quantitative estimate of drug-likeness (QED) is 0.224. The van der Waals surface area contributed by atoms with Crippen molar-refractivity contribution >= 4 is 51.9 Å². The lowest BCUT2D eigenvalue weighted by atomic mass is 9.89. The van der Waals surface area contributed by atoms with Gasteiger partial charge in [-0.2, -0.15) is 0 Å². The van der Waals surface area contributed by atoms with E-state index in [0.29, 0.717) is 17.3 Å². The molecule has 6 N–H and O–H groups in total. The van der Waals surface area contributed by atoms with E-state index < -0.39 is 0 Å². The second-order valence-corrected chi connectivity index (χ2v) is 9.94. The van der Waals surface area contributed by atoms with Gasteiger partial charge in [-0.25, -0.2) is 24.7 Å². The Morgan fingerprint density at radius 2 is 1.45 bits per heavy atom. The third kappa shape index (κ3) is 5.04. The lowest BCUT2D eigenvalue weighted by Gasteiger charge is -2.18. The van der Waals surface area contributed by atoms with Crippen LogP contribution in [-0.4, -0.2) is 26.0 Å². The van der Waals surface area contributed by atoms with Gasteiger partial charge in [0.05, 0.1) is 11.2 Å². The van der Waals surface area contributed by atoms with Gasteiger partial charge in [-0.3, -0.25) is 0 Å². The molecule has 0 unspecified atom stereocenters. The zero-order chi connectivity index (χ0) is 27.8. The Kier molecular flexibility index (Phi) is 6.31. The first-order valence-corrected chi connectivity index (χ1v) is 13.0. The average Bonchev–Trinajstić information content (AvgIpc) is 2.94. The van der Waals surface area contributed by atoms with E-state index in [2.05, 4.69) is 43.6 Å². The minimum Gasteiger partial charge on any atom is -0.368 e. The monoisotopic (exact) mass is 528 g/mol. The molecule has 9 nitrogen and oxygen atoms in total. The number of hydrogen-bond donors (Lipinski definition) is 4. The molecule has 2 heterocycles. The van der Waals surface area contributed by atoms with Crippen molar-refractivity contribution in [3.63, 3.8) is 0 Å². The number of carbonyl (C=O) groups excluding carboxylic acids is 1. The number of carbonyl (C=O) groups is 1. The maximum atomic E-state index is 13.0. The summed E-state index contributed by atoms with van der Waals surface area (Å²) in [6.45, 7) is 4.10. The first-order valence-electron chi connectivity index (χ1n) is 13.0. The zero-order valence-electron chi connectivity index (χ0n) is 22.2. The first kappa shape index (κ1) is 25.0. The Balaban J connectivity index is 1.21. The number of allylic oxidation sites excluding steroid dienone is 1. The van der Waals surface area contributed by atoms with Crippen LogP contribution in [0.1, 0.15) is 34.4 Å². The Morgan fingerprint density at radius 1 is 0.775 bits per heavy atom. The number of nitrogens with two attached hydrogens (primary N) is 2. The van der Waals surface area contributed by atoms with Crippen LogP contribution >= 0.6 is 0 Å². The predicted molar refractivity (Wildman–Crippen MR) is 161 cm³/mol. The molecular formula is C31H28N8O. The maximum Gasteiger partial charge on any atom is 0.323 e. The number of rotatable bonds is 4. The van der Waals surface area contributed by atoms with Crippen molar-refractivity contribution in [1.82, 2.24) is 19.9 Å². The molecule has 0 spiro atoms. The maximum absolute atomic E-state index is 13.0. The van der Waals surface area contributed by atoms with Crippen LogP contribution in [0.3, 0.4) is 0 Å². The highest BCUT2D eigenvalue weighted by Gasteiger charge is 2.16. The van der Waals surface area contributed by atoms with Crippen LogP contribution in [0.5, 0.6) is 0 Å². The predicted octanol–water partition coefficient (Wildman–Crippen LogP) is 6.00. The molecule has 3 aromatic carbocycles. The van der Waals surface area contributed by atoms with Gasteiger partial charge in [-0.15, -0.1) is 0 Å². The van der Waals surface area contributed by atoms with Gasteiger partial charge in [-0.1, -0.05) is 18.2 Å². The Bertz CT molecular complexity index is 1830. The summed E-state index contributed by atoms with van der Waals surface area (Å²) >= 11 is 0. The summed E-state index contributed by atoms with van der Waals surface area (Å²) in [6.07, 6.45) is 7.21. The molecule has 0 bridgehead atoms. The van der Waals surface area contributed by atoms with Gasteiger partial charge < -0.3 is 22.1 Å². The molecule has 0 fully saturated rings. The minimum atomic E-state index is -0.321. The Hall–Kier alpha value is -5.31. The normalized spacial score (nSPS) is 12.5. The smallest absolute Gasteiger partial charge is 0.323 e. The second-order valence-electron chi connectivity index (χ2n) is 9.94. The number of fused-ring (bicyclic) bond motifs is 2. The van der Waals surface area contributed by atoms with Crippen molar-refractivity contribution in [1.29, 1.82) is 0 Å². The summed E-state index contributed by atoms with van der Waals surface area (Å²) in [5.74, 6) is 0.539. The second kappa shape index (κ2) is 10.1. The van der Waals surface area contributed by atoms with Gasteiger partial charge >= 0.3 is 6.03 Å². The molecule has 1 aliphatic rings. The van der Waals surface area contributed by atoms with Crippen molar-refractivity contribution in [2.24, 2.45) is 0 Å². The van der Waals surface area contributed by atoms with E-state index in [0.717, 1.165) is 62.8 Å². The van der Waals surface area contributed by atoms with Gasteiger partial charge in [0.25, 0.3) is 0 Å². The van der Waals surface area contributed by atoms with Crippen molar-refractivity contribution in [2.75, 3.05) is 22.1 Å². The molecule has 0 radical (unpaired) electrons. The van der Waals surface area contributed by atoms with Crippen LogP contribution in [0.2, 0.25) is 0 Å². The van der Waals surface area contributed by atoms with Crippen LogP contribution in [0.25, 0.3) is 33.7 Å². The molecule has 2 aromatic heterocycles. The molecular weight excluding hydrogens is 500 g/mol. The third-order valence-corrected chi connectivity index (χ3v) is 7.13. The molecule has 0 saturated carbocycles. The summed E-state index contributed by atoms with van der Waals surface area (Å²) in [5.41, 5.74) is 22.0. The Morgan fingerprint density at radius 3 is 2.23 bits per heavy atom. The number of benzene rings is 3. The van der Waals surface area contributed by atoms with Gasteiger partial charge in [-0.05, 0) is 103 Å². The van der Waals surface area contributed by atoms with Crippen LogP contribution in [0.4, 0.5) is 28.1 Å². The lowest BCUT2D eigenvalue weighted by molar-refractivity contribution is 0.262. The number of nitrogens with one attached hydrogen (secondary N) is 2. The third-order valence-electron chi connectivity index (χ3n) is 7.13. The molecule has 5 aromatic rings. The van der Waals surface area contributed by atoms with E-state index in [1.807, 2.05) is 61.5 Å². The highest BCUT2D eigenvalue weighted by Crippen LogP contribution is 2.33.